The van der Waals surface area contributed by atoms with Crippen LogP contribution in [0.15, 0.2) is 0 Å². The fraction of sp³-hybridized carbons (Fsp3) is 1.00. The van der Waals surface area contributed by atoms with Crippen LogP contribution in [0.1, 0.15) is 47.0 Å². The van der Waals surface area contributed by atoms with Crippen molar-refractivity contribution in [1.82, 2.24) is 0 Å². The zero-order valence-electron chi connectivity index (χ0n) is 12.7. The van der Waals surface area contributed by atoms with E-state index in [0.29, 0.717) is 41.9 Å². The summed E-state index contributed by atoms with van der Waals surface area (Å²) in [5.41, 5.74) is 0. The summed E-state index contributed by atoms with van der Waals surface area (Å²) in [7, 11) is 0. The van der Waals surface area contributed by atoms with Crippen molar-refractivity contribution in [3.05, 3.63) is 0 Å². The first kappa shape index (κ1) is 16.0. The van der Waals surface area contributed by atoms with Gasteiger partial charge in [-0.2, -0.15) is 0 Å². The van der Waals surface area contributed by atoms with Gasteiger partial charge in [0.15, 0.2) is 0 Å². The first-order chi connectivity index (χ1) is 9.16. The maximum atomic E-state index is 6.10. The summed E-state index contributed by atoms with van der Waals surface area (Å²) in [5.74, 6) is 0.643. The fourth-order valence-corrected chi connectivity index (χ4v) is 12.2. The van der Waals surface area contributed by atoms with Crippen molar-refractivity contribution in [1.29, 1.82) is 0 Å². The molecule has 1 aliphatic heterocycles. The zero-order chi connectivity index (χ0) is 13.9. The van der Waals surface area contributed by atoms with Crippen LogP contribution in [-0.2, 0) is 14.0 Å². The number of hydrogen-bond acceptors (Lipinski definition) is 4. The van der Waals surface area contributed by atoms with Crippen molar-refractivity contribution in [3.8, 4) is 0 Å². The van der Waals surface area contributed by atoms with Crippen LogP contribution in [0.5, 0.6) is 0 Å². The molecule has 0 aromatic carbocycles. The van der Waals surface area contributed by atoms with Gasteiger partial charge in [-0.15, -0.1) is 0 Å². The molecular formula is C14H28O4Sn. The molecule has 0 aromatic heterocycles. The minimum absolute atomic E-state index is 0.430. The molecule has 5 heteroatoms. The molecule has 1 saturated heterocycles. The normalized spacial score (nSPS) is 31.9. The van der Waals surface area contributed by atoms with Gasteiger partial charge in [0.1, 0.15) is 0 Å². The Morgan fingerprint density at radius 2 is 1.58 bits per heavy atom. The molecule has 2 aliphatic rings. The molecule has 4 nitrogen and oxygen atoms in total. The molecule has 4 atom stereocenters. The van der Waals surface area contributed by atoms with Crippen molar-refractivity contribution >= 4 is 19.6 Å². The summed E-state index contributed by atoms with van der Waals surface area (Å²) >= 11 is -3.41. The van der Waals surface area contributed by atoms with Gasteiger partial charge in [-0.05, 0) is 0 Å². The van der Waals surface area contributed by atoms with Gasteiger partial charge in [0.25, 0.3) is 0 Å². The van der Waals surface area contributed by atoms with E-state index in [0.717, 1.165) is 6.42 Å². The quantitative estimate of drug-likeness (QED) is 0.480. The van der Waals surface area contributed by atoms with E-state index in [1.165, 1.54) is 12.8 Å². The summed E-state index contributed by atoms with van der Waals surface area (Å²) < 4.78 is 24.4. The molecule has 19 heavy (non-hydrogen) atoms. The molecule has 0 amide bonds. The Hall–Kier alpha value is 0.639. The number of epoxide rings is 1. The Morgan fingerprint density at radius 1 is 1.00 bits per heavy atom. The molecule has 0 aromatic rings. The Bertz CT molecular complexity index is 270. The molecule has 1 aliphatic carbocycles. The summed E-state index contributed by atoms with van der Waals surface area (Å²) in [6, 6.07) is 0. The molecule has 2 fully saturated rings. The van der Waals surface area contributed by atoms with Crippen LogP contribution in [0.25, 0.3) is 0 Å². The average Bonchev–Trinajstić information content (AvgIpc) is 3.16. The molecular weight excluding hydrogens is 351 g/mol. The van der Waals surface area contributed by atoms with Crippen molar-refractivity contribution in [3.63, 3.8) is 0 Å². The van der Waals surface area contributed by atoms with Crippen LogP contribution >= 0.6 is 0 Å². The number of ether oxygens (including phenoxy) is 1. The van der Waals surface area contributed by atoms with Crippen LogP contribution in [0.3, 0.4) is 0 Å². The first-order valence-electron chi connectivity index (χ1n) is 7.74. The van der Waals surface area contributed by atoms with Crippen LogP contribution in [0.2, 0.25) is 3.93 Å². The van der Waals surface area contributed by atoms with E-state index < -0.39 is 19.6 Å². The zero-order valence-corrected chi connectivity index (χ0v) is 15.5. The van der Waals surface area contributed by atoms with E-state index in [9.17, 15) is 0 Å². The third-order valence-electron chi connectivity index (χ3n) is 4.35. The van der Waals surface area contributed by atoms with E-state index in [2.05, 4.69) is 6.92 Å². The second-order valence-corrected chi connectivity index (χ2v) is 14.0. The predicted molar refractivity (Wildman–Crippen MR) is 76.1 cm³/mol. The van der Waals surface area contributed by atoms with Crippen molar-refractivity contribution in [2.24, 2.45) is 5.92 Å². The van der Waals surface area contributed by atoms with Gasteiger partial charge in [-0.3, -0.25) is 0 Å². The van der Waals surface area contributed by atoms with Crippen molar-refractivity contribution < 1.29 is 14.0 Å². The molecule has 1 heterocycles. The molecule has 112 valence electrons. The molecule has 2 rings (SSSR count). The van der Waals surface area contributed by atoms with Crippen molar-refractivity contribution in [2.45, 2.75) is 63.1 Å². The van der Waals surface area contributed by atoms with Gasteiger partial charge < -0.3 is 0 Å². The van der Waals surface area contributed by atoms with Gasteiger partial charge in [0, 0.05) is 0 Å². The Morgan fingerprint density at radius 3 is 2.05 bits per heavy atom. The van der Waals surface area contributed by atoms with E-state index in [1.807, 2.05) is 20.8 Å². The van der Waals surface area contributed by atoms with E-state index in [-0.39, 0.29) is 0 Å². The van der Waals surface area contributed by atoms with E-state index >= 15 is 0 Å². The van der Waals surface area contributed by atoms with Crippen LogP contribution in [-0.4, -0.2) is 51.6 Å². The molecule has 4 unspecified atom stereocenters. The molecule has 0 radical (unpaired) electrons. The number of fused-ring (bicyclic) bond motifs is 1. The number of rotatable bonds is 8. The third kappa shape index (κ3) is 3.64. The second-order valence-electron chi connectivity index (χ2n) is 5.48. The summed E-state index contributed by atoms with van der Waals surface area (Å²) in [6.07, 6.45) is 4.66. The Labute approximate surface area is 122 Å². The van der Waals surface area contributed by atoms with Gasteiger partial charge in [0.05, 0.1) is 0 Å². The van der Waals surface area contributed by atoms with E-state index in [4.69, 9.17) is 14.0 Å². The third-order valence-corrected chi connectivity index (χ3v) is 14.8. The summed E-state index contributed by atoms with van der Waals surface area (Å²) in [5, 5.41) is 0. The molecule has 0 N–H and O–H groups in total. The predicted octanol–water partition coefficient (Wildman–Crippen LogP) is 2.99. The number of hydrogen-bond donors (Lipinski definition) is 0. The second kappa shape index (κ2) is 7.07. The summed E-state index contributed by atoms with van der Waals surface area (Å²) in [6.45, 7) is 10.5. The summed E-state index contributed by atoms with van der Waals surface area (Å²) in [4.78, 5) is 0. The molecule has 0 bridgehead atoms. The standard InChI is InChI=1S/C8H13O.3C2H5O.Sn/c1-2-6-3-4-7-8(5-6)9-7;3*1-2-3;/h2,6-8H,3-5H2,1H3;3*2H2,1H3;/q;3*-1;+3. The van der Waals surface area contributed by atoms with Gasteiger partial charge >= 0.3 is 122 Å². The molecule has 1 saturated carbocycles. The van der Waals surface area contributed by atoms with E-state index in [1.54, 1.807) is 0 Å². The Kier molecular flexibility index (Phi) is 5.96. The van der Waals surface area contributed by atoms with Crippen LogP contribution in [0.4, 0.5) is 0 Å². The topological polar surface area (TPSA) is 40.2 Å². The van der Waals surface area contributed by atoms with Crippen LogP contribution < -0.4 is 0 Å². The Balaban J connectivity index is 2.05. The minimum atomic E-state index is -3.41. The first-order valence-corrected chi connectivity index (χ1v) is 12.9. The SMILES string of the molecule is CC[O][Sn]([O]CC)([O]CC)[CH](C)C1CCC2OC2C1. The van der Waals surface area contributed by atoms with Crippen molar-refractivity contribution in [2.75, 3.05) is 19.8 Å². The molecule has 0 spiro atoms. The maximum absolute atomic E-state index is 6.10. The van der Waals surface area contributed by atoms with Gasteiger partial charge in [-0.1, -0.05) is 0 Å². The monoisotopic (exact) mass is 380 g/mol. The van der Waals surface area contributed by atoms with Crippen LogP contribution in [0, 0.1) is 5.92 Å². The average molecular weight is 379 g/mol. The van der Waals surface area contributed by atoms with Gasteiger partial charge in [-0.25, -0.2) is 0 Å². The van der Waals surface area contributed by atoms with Gasteiger partial charge in [0.2, 0.25) is 0 Å². The fourth-order valence-electron chi connectivity index (χ4n) is 3.30.